The topological polar surface area (TPSA) is 76.3 Å². The van der Waals surface area contributed by atoms with Crippen molar-refractivity contribution in [2.45, 2.75) is 19.9 Å². The predicted molar refractivity (Wildman–Crippen MR) is 105 cm³/mol. The summed E-state index contributed by atoms with van der Waals surface area (Å²) >= 11 is 1.50. The van der Waals surface area contributed by atoms with Gasteiger partial charge >= 0.3 is 0 Å². The molecule has 0 aliphatic rings. The zero-order valence-corrected chi connectivity index (χ0v) is 15.1. The van der Waals surface area contributed by atoms with Gasteiger partial charge in [-0.3, -0.25) is 14.2 Å². The summed E-state index contributed by atoms with van der Waals surface area (Å²) < 4.78 is 1.29. The average Bonchev–Trinajstić information content (AvgIpc) is 3.09. The molecule has 0 fully saturated rings. The lowest BCUT2D eigenvalue weighted by Crippen LogP contribution is -2.29. The van der Waals surface area contributed by atoms with Gasteiger partial charge in [-0.1, -0.05) is 43.3 Å². The molecule has 3 aromatic rings. The summed E-state index contributed by atoms with van der Waals surface area (Å²) in [6, 6.07) is 11.6. The summed E-state index contributed by atoms with van der Waals surface area (Å²) in [5, 5.41) is 4.40. The van der Waals surface area contributed by atoms with Crippen LogP contribution in [0, 0.1) is 0 Å². The van der Waals surface area contributed by atoms with E-state index < -0.39 is 0 Å². The number of benzene rings is 1. The van der Waals surface area contributed by atoms with E-state index in [1.54, 1.807) is 6.08 Å². The number of thiophene rings is 1. The Morgan fingerprint density at radius 2 is 2.15 bits per heavy atom. The summed E-state index contributed by atoms with van der Waals surface area (Å²) in [6.07, 6.45) is 7.35. The summed E-state index contributed by atoms with van der Waals surface area (Å²) in [5.74, 6) is -0.386. The second-order valence-electron chi connectivity index (χ2n) is 5.55. The smallest absolute Gasteiger partial charge is 0.262 e. The molecule has 2 heterocycles. The van der Waals surface area contributed by atoms with Gasteiger partial charge in [-0.25, -0.2) is 10.4 Å². The Balaban J connectivity index is 1.60. The number of rotatable bonds is 6. The largest absolute Gasteiger partial charge is 0.289 e. The standard InChI is InChI=1S/C19H18N4O2S/c1-2-15-11-16-18(26-15)20-13-23(19(16)25)12-17(24)22-21-10-6-9-14-7-4-3-5-8-14/h3-11,13H,2,12H2,1H3,(H,22,24)/b9-6+,21-10+. The zero-order valence-electron chi connectivity index (χ0n) is 14.3. The van der Waals surface area contributed by atoms with Crippen LogP contribution >= 0.6 is 11.3 Å². The molecular weight excluding hydrogens is 348 g/mol. The van der Waals surface area contributed by atoms with Crippen LogP contribution in [0.2, 0.25) is 0 Å². The monoisotopic (exact) mass is 366 g/mol. The molecule has 3 rings (SSSR count). The molecule has 0 radical (unpaired) electrons. The number of amides is 1. The number of nitrogens with one attached hydrogen (secondary N) is 1. The fraction of sp³-hybridized carbons (Fsp3) is 0.158. The van der Waals surface area contributed by atoms with Gasteiger partial charge in [0.1, 0.15) is 11.4 Å². The third-order valence-corrected chi connectivity index (χ3v) is 4.86. The van der Waals surface area contributed by atoms with Gasteiger partial charge in [0.15, 0.2) is 0 Å². The quantitative estimate of drug-likeness (QED) is 0.538. The van der Waals surface area contributed by atoms with Crippen molar-refractivity contribution < 1.29 is 4.79 Å². The van der Waals surface area contributed by atoms with Gasteiger partial charge < -0.3 is 0 Å². The van der Waals surface area contributed by atoms with Gasteiger partial charge in [-0.15, -0.1) is 11.3 Å². The molecular formula is C19H18N4O2S. The molecule has 0 saturated heterocycles. The minimum atomic E-state index is -0.386. The van der Waals surface area contributed by atoms with Gasteiger partial charge in [0.2, 0.25) is 0 Å². The SMILES string of the molecule is CCc1cc2c(=O)n(CC(=O)N/N=C/C=C/c3ccccc3)cnc2s1. The van der Waals surface area contributed by atoms with E-state index >= 15 is 0 Å². The fourth-order valence-corrected chi connectivity index (χ4v) is 3.28. The van der Waals surface area contributed by atoms with Crippen LogP contribution in [-0.2, 0) is 17.8 Å². The first-order valence-electron chi connectivity index (χ1n) is 8.19. The summed E-state index contributed by atoms with van der Waals surface area (Å²) in [6.45, 7) is 1.90. The Hall–Kier alpha value is -3.06. The number of aromatic nitrogens is 2. The van der Waals surface area contributed by atoms with Crippen LogP contribution in [0.15, 0.2) is 58.7 Å². The molecule has 1 N–H and O–H groups in total. The molecule has 1 aromatic carbocycles. The molecule has 7 heteroatoms. The summed E-state index contributed by atoms with van der Waals surface area (Å²) in [5.41, 5.74) is 3.23. The number of carbonyl (C=O) groups excluding carboxylic acids is 1. The molecule has 0 unspecified atom stereocenters. The molecule has 0 aliphatic heterocycles. The van der Waals surface area contributed by atoms with Gasteiger partial charge in [-0.05, 0) is 24.1 Å². The second-order valence-corrected chi connectivity index (χ2v) is 6.66. The highest BCUT2D eigenvalue weighted by molar-refractivity contribution is 7.18. The van der Waals surface area contributed by atoms with Crippen LogP contribution in [0.1, 0.15) is 17.4 Å². The molecule has 0 spiro atoms. The van der Waals surface area contributed by atoms with Crippen LogP contribution in [0.25, 0.3) is 16.3 Å². The molecule has 0 aliphatic carbocycles. The highest BCUT2D eigenvalue weighted by atomic mass is 32.1. The molecule has 6 nitrogen and oxygen atoms in total. The lowest BCUT2D eigenvalue weighted by molar-refractivity contribution is -0.121. The van der Waals surface area contributed by atoms with Crippen molar-refractivity contribution in [1.29, 1.82) is 0 Å². The Labute approximate surface area is 154 Å². The molecule has 132 valence electrons. The predicted octanol–water partition coefficient (Wildman–Crippen LogP) is 2.84. The molecule has 1 amide bonds. The number of hydrogen-bond acceptors (Lipinski definition) is 5. The van der Waals surface area contributed by atoms with Gasteiger partial charge in [0.25, 0.3) is 11.5 Å². The second kappa shape index (κ2) is 8.35. The number of hydrogen-bond donors (Lipinski definition) is 1. The van der Waals surface area contributed by atoms with E-state index in [0.29, 0.717) is 10.2 Å². The highest BCUT2D eigenvalue weighted by Gasteiger charge is 2.10. The average molecular weight is 366 g/mol. The van der Waals surface area contributed by atoms with E-state index in [0.717, 1.165) is 16.9 Å². The van der Waals surface area contributed by atoms with E-state index in [9.17, 15) is 9.59 Å². The Bertz CT molecular complexity index is 1020. The Kier molecular flexibility index (Phi) is 5.70. The minimum absolute atomic E-state index is 0.126. The van der Waals surface area contributed by atoms with Crippen molar-refractivity contribution in [3.05, 3.63) is 69.6 Å². The van der Waals surface area contributed by atoms with Crippen LogP contribution < -0.4 is 11.0 Å². The molecule has 0 saturated carbocycles. The van der Waals surface area contributed by atoms with Crippen LogP contribution in [0.3, 0.4) is 0 Å². The van der Waals surface area contributed by atoms with E-state index in [4.69, 9.17) is 0 Å². The van der Waals surface area contributed by atoms with Crippen molar-refractivity contribution in [2.24, 2.45) is 5.10 Å². The van der Waals surface area contributed by atoms with Crippen LogP contribution in [0.5, 0.6) is 0 Å². The number of nitrogens with zero attached hydrogens (tertiary/aromatic N) is 3. The first kappa shape index (κ1) is 17.8. The maximum atomic E-state index is 12.4. The third kappa shape index (κ3) is 4.31. The van der Waals surface area contributed by atoms with Crippen molar-refractivity contribution in [3.8, 4) is 0 Å². The highest BCUT2D eigenvalue weighted by Crippen LogP contribution is 2.20. The summed E-state index contributed by atoms with van der Waals surface area (Å²) in [7, 11) is 0. The van der Waals surface area contributed by atoms with E-state index in [1.807, 2.05) is 49.4 Å². The lowest BCUT2D eigenvalue weighted by Gasteiger charge is -2.03. The van der Waals surface area contributed by atoms with Crippen LogP contribution in [0.4, 0.5) is 0 Å². The maximum Gasteiger partial charge on any atom is 0.262 e. The number of hydrazone groups is 1. The molecule has 26 heavy (non-hydrogen) atoms. The lowest BCUT2D eigenvalue weighted by atomic mass is 10.2. The molecule has 0 atom stereocenters. The minimum Gasteiger partial charge on any atom is -0.289 e. The Morgan fingerprint density at radius 3 is 2.92 bits per heavy atom. The van der Waals surface area contributed by atoms with Crippen molar-refractivity contribution in [2.75, 3.05) is 0 Å². The first-order valence-corrected chi connectivity index (χ1v) is 9.00. The van der Waals surface area contributed by atoms with Crippen molar-refractivity contribution in [3.63, 3.8) is 0 Å². The summed E-state index contributed by atoms with van der Waals surface area (Å²) in [4.78, 5) is 30.4. The number of aryl methyl sites for hydroxylation is 1. The zero-order chi connectivity index (χ0) is 18.4. The van der Waals surface area contributed by atoms with Crippen LogP contribution in [-0.4, -0.2) is 21.7 Å². The van der Waals surface area contributed by atoms with E-state index in [2.05, 4.69) is 15.5 Å². The van der Waals surface area contributed by atoms with Crippen molar-refractivity contribution >= 4 is 39.8 Å². The van der Waals surface area contributed by atoms with Gasteiger partial charge in [-0.2, -0.15) is 5.10 Å². The van der Waals surface area contributed by atoms with Crippen molar-refractivity contribution in [1.82, 2.24) is 15.0 Å². The molecule has 0 bridgehead atoms. The fourth-order valence-electron chi connectivity index (χ4n) is 2.36. The normalized spacial score (nSPS) is 11.6. The molecule has 2 aromatic heterocycles. The first-order chi connectivity index (χ1) is 12.7. The van der Waals surface area contributed by atoms with E-state index in [-0.39, 0.29) is 18.0 Å². The number of allylic oxidation sites excluding steroid dienone is 1. The third-order valence-electron chi connectivity index (χ3n) is 3.67. The number of carbonyl (C=O) groups is 1. The number of fused-ring (bicyclic) bond motifs is 1. The van der Waals surface area contributed by atoms with Gasteiger partial charge in [0.05, 0.1) is 11.7 Å². The van der Waals surface area contributed by atoms with Gasteiger partial charge in [0, 0.05) is 11.1 Å². The van der Waals surface area contributed by atoms with E-state index in [1.165, 1.54) is 28.4 Å². The maximum absolute atomic E-state index is 12.4. The Morgan fingerprint density at radius 1 is 1.35 bits per heavy atom.